The third-order valence-electron chi connectivity index (χ3n) is 3.42. The molecule has 7 heteroatoms. The zero-order valence-electron chi connectivity index (χ0n) is 11.0. The minimum absolute atomic E-state index is 0.0310. The molecule has 1 aliphatic heterocycles. The number of aliphatic hydroxyl groups is 1. The van der Waals surface area contributed by atoms with Gasteiger partial charge in [-0.25, -0.2) is 0 Å². The molecule has 21 heavy (non-hydrogen) atoms. The van der Waals surface area contributed by atoms with E-state index in [9.17, 15) is 23.1 Å². The summed E-state index contributed by atoms with van der Waals surface area (Å²) in [5.41, 5.74) is -1.74. The standard InChI is InChI=1S/C14H11F3N2O2/c1-7-12(20)8(2)19(13(7)21)10-4-3-9(6-18)11(5-10)14(15,16)17/h3-5,8,12,20H,1H2,2H3/t8-,12-/m0/s1. The number of amides is 1. The highest BCUT2D eigenvalue weighted by Gasteiger charge is 2.41. The third kappa shape index (κ3) is 2.38. The number of aliphatic hydroxyl groups excluding tert-OH is 1. The van der Waals surface area contributed by atoms with E-state index < -0.39 is 35.4 Å². The highest BCUT2D eigenvalue weighted by molar-refractivity contribution is 6.09. The number of anilines is 1. The molecule has 0 bridgehead atoms. The van der Waals surface area contributed by atoms with Gasteiger partial charge in [-0.15, -0.1) is 0 Å². The predicted octanol–water partition coefficient (Wildman–Crippen LogP) is 2.23. The molecular weight excluding hydrogens is 285 g/mol. The van der Waals surface area contributed by atoms with Crippen molar-refractivity contribution >= 4 is 11.6 Å². The van der Waals surface area contributed by atoms with Gasteiger partial charge in [-0.2, -0.15) is 18.4 Å². The Labute approximate surface area is 118 Å². The average Bonchev–Trinajstić information content (AvgIpc) is 2.61. The molecule has 1 aromatic rings. The molecule has 0 aliphatic carbocycles. The van der Waals surface area contributed by atoms with Crippen molar-refractivity contribution in [3.8, 4) is 6.07 Å². The number of alkyl halides is 3. The van der Waals surface area contributed by atoms with Gasteiger partial charge in [-0.05, 0) is 25.1 Å². The molecule has 0 saturated carbocycles. The lowest BCUT2D eigenvalue weighted by atomic mass is 10.1. The Morgan fingerprint density at radius 2 is 2.05 bits per heavy atom. The molecule has 1 aromatic carbocycles. The minimum atomic E-state index is -4.71. The van der Waals surface area contributed by atoms with E-state index in [0.717, 1.165) is 17.0 Å². The second kappa shape index (κ2) is 4.90. The Hall–Kier alpha value is -2.33. The number of carbonyl (C=O) groups is 1. The SMILES string of the molecule is C=C1C(=O)N(c2ccc(C#N)c(C(F)(F)F)c2)[C@@H](C)[C@H]1O. The van der Waals surface area contributed by atoms with Gasteiger partial charge in [0.05, 0.1) is 23.2 Å². The van der Waals surface area contributed by atoms with Gasteiger partial charge in [-0.3, -0.25) is 4.79 Å². The van der Waals surface area contributed by atoms with Crippen LogP contribution >= 0.6 is 0 Å². The lowest BCUT2D eigenvalue weighted by Gasteiger charge is -2.23. The zero-order valence-corrected chi connectivity index (χ0v) is 11.0. The van der Waals surface area contributed by atoms with Gasteiger partial charge in [0, 0.05) is 11.3 Å². The number of rotatable bonds is 1. The van der Waals surface area contributed by atoms with Crippen molar-refractivity contribution in [3.63, 3.8) is 0 Å². The van der Waals surface area contributed by atoms with Crippen molar-refractivity contribution in [2.24, 2.45) is 0 Å². The van der Waals surface area contributed by atoms with Crippen molar-refractivity contribution in [2.45, 2.75) is 25.2 Å². The molecule has 0 aromatic heterocycles. The van der Waals surface area contributed by atoms with E-state index in [1.807, 2.05) is 0 Å². The fourth-order valence-electron chi connectivity index (χ4n) is 2.27. The number of carbonyl (C=O) groups excluding carboxylic acids is 1. The van der Waals surface area contributed by atoms with E-state index in [2.05, 4.69) is 6.58 Å². The first kappa shape index (κ1) is 15.1. The number of hydrogen-bond donors (Lipinski definition) is 1. The van der Waals surface area contributed by atoms with Gasteiger partial charge >= 0.3 is 6.18 Å². The van der Waals surface area contributed by atoms with Crippen LogP contribution in [0, 0.1) is 11.3 Å². The smallest absolute Gasteiger partial charge is 0.386 e. The van der Waals surface area contributed by atoms with Crippen molar-refractivity contribution < 1.29 is 23.1 Å². The largest absolute Gasteiger partial charge is 0.417 e. The summed E-state index contributed by atoms with van der Waals surface area (Å²) in [6, 6.07) is 3.73. The summed E-state index contributed by atoms with van der Waals surface area (Å²) in [5.74, 6) is -0.632. The van der Waals surface area contributed by atoms with E-state index in [4.69, 9.17) is 5.26 Å². The van der Waals surface area contributed by atoms with E-state index in [1.54, 1.807) is 0 Å². The second-order valence-electron chi connectivity index (χ2n) is 4.73. The van der Waals surface area contributed by atoms with Crippen molar-refractivity contribution in [1.29, 1.82) is 5.26 Å². The third-order valence-corrected chi connectivity index (χ3v) is 3.42. The second-order valence-corrected chi connectivity index (χ2v) is 4.73. The average molecular weight is 296 g/mol. The van der Waals surface area contributed by atoms with Gasteiger partial charge in [-0.1, -0.05) is 6.58 Å². The van der Waals surface area contributed by atoms with E-state index in [0.29, 0.717) is 0 Å². The van der Waals surface area contributed by atoms with Crippen molar-refractivity contribution in [3.05, 3.63) is 41.5 Å². The number of hydrogen-bond acceptors (Lipinski definition) is 3. The molecule has 1 saturated heterocycles. The monoisotopic (exact) mass is 296 g/mol. The summed E-state index contributed by atoms with van der Waals surface area (Å²) in [6.07, 6.45) is -5.84. The topological polar surface area (TPSA) is 64.3 Å². The maximum absolute atomic E-state index is 12.9. The summed E-state index contributed by atoms with van der Waals surface area (Å²) < 4.78 is 38.8. The molecule has 1 fully saturated rings. The maximum Gasteiger partial charge on any atom is 0.417 e. The summed E-state index contributed by atoms with van der Waals surface area (Å²) >= 11 is 0. The fourth-order valence-corrected chi connectivity index (χ4v) is 2.27. The molecule has 2 rings (SSSR count). The lowest BCUT2D eigenvalue weighted by molar-refractivity contribution is -0.137. The molecule has 1 N–H and O–H groups in total. The summed E-state index contributed by atoms with van der Waals surface area (Å²) in [7, 11) is 0. The quantitative estimate of drug-likeness (QED) is 0.808. The Morgan fingerprint density at radius 3 is 2.48 bits per heavy atom. The minimum Gasteiger partial charge on any atom is -0.386 e. The van der Waals surface area contributed by atoms with Crippen LogP contribution in [0.3, 0.4) is 0 Å². The molecule has 110 valence electrons. The molecule has 1 heterocycles. The summed E-state index contributed by atoms with van der Waals surface area (Å²) in [4.78, 5) is 13.0. The van der Waals surface area contributed by atoms with Crippen LogP contribution in [0.25, 0.3) is 0 Å². The van der Waals surface area contributed by atoms with Gasteiger partial charge < -0.3 is 10.0 Å². The molecule has 4 nitrogen and oxygen atoms in total. The number of halogens is 3. The van der Waals surface area contributed by atoms with Crippen LogP contribution in [0.2, 0.25) is 0 Å². The molecule has 2 atom stereocenters. The molecule has 1 amide bonds. The Balaban J connectivity index is 2.55. The van der Waals surface area contributed by atoms with Gasteiger partial charge in [0.25, 0.3) is 5.91 Å². The summed E-state index contributed by atoms with van der Waals surface area (Å²) in [5, 5.41) is 18.5. The van der Waals surface area contributed by atoms with E-state index in [-0.39, 0.29) is 11.3 Å². The Kier molecular flexibility index (Phi) is 3.51. The van der Waals surface area contributed by atoms with E-state index >= 15 is 0 Å². The molecule has 1 aliphatic rings. The van der Waals surface area contributed by atoms with Crippen molar-refractivity contribution in [1.82, 2.24) is 0 Å². The normalized spacial score (nSPS) is 22.6. The van der Waals surface area contributed by atoms with E-state index in [1.165, 1.54) is 19.1 Å². The van der Waals surface area contributed by atoms with Gasteiger partial charge in [0.1, 0.15) is 6.10 Å². The van der Waals surface area contributed by atoms with Crippen LogP contribution in [-0.4, -0.2) is 23.2 Å². The highest BCUT2D eigenvalue weighted by Crippen LogP contribution is 2.37. The maximum atomic E-state index is 12.9. The summed E-state index contributed by atoms with van der Waals surface area (Å²) in [6.45, 7) is 4.94. The van der Waals surface area contributed by atoms with Crippen LogP contribution in [0.4, 0.5) is 18.9 Å². The number of nitriles is 1. The lowest BCUT2D eigenvalue weighted by Crippen LogP contribution is -2.34. The Bertz CT molecular complexity index is 661. The first-order valence-electron chi connectivity index (χ1n) is 6.00. The number of nitrogens with zero attached hydrogens (tertiary/aromatic N) is 2. The Morgan fingerprint density at radius 1 is 1.43 bits per heavy atom. The van der Waals surface area contributed by atoms with Crippen LogP contribution in [0.15, 0.2) is 30.4 Å². The van der Waals surface area contributed by atoms with Crippen LogP contribution in [-0.2, 0) is 11.0 Å². The van der Waals surface area contributed by atoms with Gasteiger partial charge in [0.2, 0.25) is 0 Å². The first-order valence-corrected chi connectivity index (χ1v) is 6.00. The molecule has 0 unspecified atom stereocenters. The van der Waals surface area contributed by atoms with Crippen LogP contribution in [0.1, 0.15) is 18.1 Å². The molecular formula is C14H11F3N2O2. The van der Waals surface area contributed by atoms with Gasteiger partial charge in [0.15, 0.2) is 0 Å². The molecule has 0 radical (unpaired) electrons. The van der Waals surface area contributed by atoms with Crippen LogP contribution < -0.4 is 4.90 Å². The highest BCUT2D eigenvalue weighted by atomic mass is 19.4. The van der Waals surface area contributed by atoms with Crippen LogP contribution in [0.5, 0.6) is 0 Å². The molecule has 0 spiro atoms. The predicted molar refractivity (Wildman–Crippen MR) is 68.3 cm³/mol. The zero-order chi connectivity index (χ0) is 15.9. The first-order chi connectivity index (χ1) is 9.68. The van der Waals surface area contributed by atoms with Crippen molar-refractivity contribution in [2.75, 3.05) is 4.90 Å². The fraction of sp³-hybridized carbons (Fsp3) is 0.286. The number of benzene rings is 1.